The number of nitrogens with zero attached hydrogens (tertiary/aromatic N) is 3. The maximum absolute atomic E-state index is 12.5. The van der Waals surface area contributed by atoms with Crippen molar-refractivity contribution in [2.24, 2.45) is 5.92 Å². The van der Waals surface area contributed by atoms with E-state index in [1.54, 1.807) is 0 Å². The third kappa shape index (κ3) is 2.73. The van der Waals surface area contributed by atoms with Gasteiger partial charge in [0, 0.05) is 12.7 Å². The van der Waals surface area contributed by atoms with E-state index in [2.05, 4.69) is 35.5 Å². The van der Waals surface area contributed by atoms with Gasteiger partial charge in [-0.15, -0.1) is 0 Å². The van der Waals surface area contributed by atoms with Crippen LogP contribution >= 0.6 is 0 Å². The van der Waals surface area contributed by atoms with Crippen LogP contribution < -0.4 is 5.32 Å². The fourth-order valence-electron chi connectivity index (χ4n) is 3.08. The molecule has 1 amide bonds. The third-order valence-corrected chi connectivity index (χ3v) is 4.28. The summed E-state index contributed by atoms with van der Waals surface area (Å²) in [5.74, 6) is 1.33. The number of hydrogen-bond donors (Lipinski definition) is 1. The smallest absolute Gasteiger partial charge is 0.272 e. The summed E-state index contributed by atoms with van der Waals surface area (Å²) < 4.78 is 2.07. The van der Waals surface area contributed by atoms with E-state index >= 15 is 0 Å². The average molecular weight is 300 g/mol. The van der Waals surface area contributed by atoms with Crippen molar-refractivity contribution >= 4 is 11.4 Å². The van der Waals surface area contributed by atoms with Gasteiger partial charge in [-0.25, -0.2) is 4.98 Å². The van der Waals surface area contributed by atoms with E-state index in [1.807, 2.05) is 24.4 Å². The molecule has 1 saturated heterocycles. The molecule has 2 aromatic heterocycles. The number of aromatic nitrogens is 2. The predicted molar refractivity (Wildman–Crippen MR) is 87.0 cm³/mol. The van der Waals surface area contributed by atoms with Gasteiger partial charge < -0.3 is 9.72 Å². The molecule has 1 aliphatic heterocycles. The number of likely N-dealkylation sites (tertiary alicyclic amines) is 1. The van der Waals surface area contributed by atoms with Crippen LogP contribution in [-0.2, 0) is 0 Å². The number of nitrogens with one attached hydrogen (secondary N) is 1. The summed E-state index contributed by atoms with van der Waals surface area (Å²) in [7, 11) is 2.13. The lowest BCUT2D eigenvalue weighted by atomic mass is 10.2. The normalized spacial score (nSPS) is 19.2. The second kappa shape index (κ2) is 6.08. The molecule has 0 unspecified atom stereocenters. The number of fused-ring (bicyclic) bond motifs is 1. The molecule has 0 saturated carbocycles. The molecule has 22 heavy (non-hydrogen) atoms. The Kier molecular flexibility index (Phi) is 4.16. The highest BCUT2D eigenvalue weighted by molar-refractivity contribution is 5.99. The van der Waals surface area contributed by atoms with Crippen molar-refractivity contribution in [3.8, 4) is 0 Å². The Morgan fingerprint density at radius 1 is 1.45 bits per heavy atom. The van der Waals surface area contributed by atoms with Gasteiger partial charge in [-0.3, -0.25) is 9.69 Å². The van der Waals surface area contributed by atoms with Gasteiger partial charge in [0.2, 0.25) is 0 Å². The number of pyridine rings is 1. The molecule has 1 atom stereocenters. The Morgan fingerprint density at radius 3 is 2.95 bits per heavy atom. The largest absolute Gasteiger partial charge is 0.350 e. The zero-order valence-electron chi connectivity index (χ0n) is 13.5. The van der Waals surface area contributed by atoms with Gasteiger partial charge in [0.25, 0.3) is 5.91 Å². The fraction of sp³-hybridized carbons (Fsp3) is 0.529. The van der Waals surface area contributed by atoms with Crippen LogP contribution in [0.5, 0.6) is 0 Å². The zero-order valence-corrected chi connectivity index (χ0v) is 13.5. The van der Waals surface area contributed by atoms with Gasteiger partial charge in [-0.2, -0.15) is 0 Å². The summed E-state index contributed by atoms with van der Waals surface area (Å²) in [6.45, 7) is 5.93. The number of hydrogen-bond acceptors (Lipinski definition) is 3. The number of carbonyl (C=O) groups is 1. The van der Waals surface area contributed by atoms with Crippen molar-refractivity contribution in [1.82, 2.24) is 19.6 Å². The second-order valence-electron chi connectivity index (χ2n) is 6.52. The molecular weight excluding hydrogens is 276 g/mol. The van der Waals surface area contributed by atoms with Gasteiger partial charge >= 0.3 is 0 Å². The SMILES string of the molecule is CC(C)CNC(=O)c1nc([C@H]2CCCN2C)n2ccccc12. The van der Waals surface area contributed by atoms with E-state index < -0.39 is 0 Å². The molecule has 3 heterocycles. The molecule has 1 fully saturated rings. The molecule has 0 spiro atoms. The van der Waals surface area contributed by atoms with Gasteiger partial charge in [-0.1, -0.05) is 19.9 Å². The van der Waals surface area contributed by atoms with Gasteiger partial charge in [0.15, 0.2) is 5.69 Å². The van der Waals surface area contributed by atoms with Crippen LogP contribution in [0, 0.1) is 5.92 Å². The van der Waals surface area contributed by atoms with Crippen molar-refractivity contribution in [2.45, 2.75) is 32.7 Å². The van der Waals surface area contributed by atoms with Crippen molar-refractivity contribution in [3.63, 3.8) is 0 Å². The highest BCUT2D eigenvalue weighted by Gasteiger charge is 2.28. The lowest BCUT2D eigenvalue weighted by molar-refractivity contribution is 0.0946. The highest BCUT2D eigenvalue weighted by Crippen LogP contribution is 2.30. The first-order valence-electron chi connectivity index (χ1n) is 8.03. The summed E-state index contributed by atoms with van der Waals surface area (Å²) in [6.07, 6.45) is 4.28. The molecule has 3 rings (SSSR count). The molecule has 2 aromatic rings. The molecule has 118 valence electrons. The number of imidazole rings is 1. The molecule has 5 nitrogen and oxygen atoms in total. The van der Waals surface area contributed by atoms with Crippen LogP contribution in [0.15, 0.2) is 24.4 Å². The molecular formula is C17H24N4O. The zero-order chi connectivity index (χ0) is 15.7. The average Bonchev–Trinajstić information content (AvgIpc) is 3.08. The van der Waals surface area contributed by atoms with E-state index in [9.17, 15) is 4.79 Å². The minimum Gasteiger partial charge on any atom is -0.350 e. The summed E-state index contributed by atoms with van der Waals surface area (Å²) in [5.41, 5.74) is 1.43. The number of rotatable bonds is 4. The van der Waals surface area contributed by atoms with Gasteiger partial charge in [-0.05, 0) is 44.5 Å². The van der Waals surface area contributed by atoms with Crippen LogP contribution in [-0.4, -0.2) is 40.3 Å². The molecule has 1 aliphatic rings. The minimum absolute atomic E-state index is 0.0794. The Labute approximate surface area is 131 Å². The van der Waals surface area contributed by atoms with Crippen molar-refractivity contribution in [3.05, 3.63) is 35.9 Å². The summed E-state index contributed by atoms with van der Waals surface area (Å²) in [5, 5.41) is 2.98. The first kappa shape index (κ1) is 15.0. The lowest BCUT2D eigenvalue weighted by Crippen LogP contribution is -2.27. The van der Waals surface area contributed by atoms with E-state index in [0.717, 1.165) is 24.3 Å². The van der Waals surface area contributed by atoms with E-state index in [0.29, 0.717) is 24.2 Å². The minimum atomic E-state index is -0.0794. The third-order valence-electron chi connectivity index (χ3n) is 4.28. The first-order valence-corrected chi connectivity index (χ1v) is 8.03. The summed E-state index contributed by atoms with van der Waals surface area (Å²) >= 11 is 0. The maximum Gasteiger partial charge on any atom is 0.272 e. The lowest BCUT2D eigenvalue weighted by Gasteiger charge is -2.17. The van der Waals surface area contributed by atoms with Crippen LogP contribution in [0.25, 0.3) is 5.52 Å². The Balaban J connectivity index is 1.99. The van der Waals surface area contributed by atoms with E-state index in [-0.39, 0.29) is 5.91 Å². The van der Waals surface area contributed by atoms with Crippen molar-refractivity contribution in [2.75, 3.05) is 20.1 Å². The second-order valence-corrected chi connectivity index (χ2v) is 6.52. The monoisotopic (exact) mass is 300 g/mol. The van der Waals surface area contributed by atoms with Crippen LogP contribution in [0.1, 0.15) is 49.0 Å². The molecule has 0 aromatic carbocycles. The summed E-state index contributed by atoms with van der Waals surface area (Å²) in [6, 6.07) is 6.21. The van der Waals surface area contributed by atoms with E-state index in [4.69, 9.17) is 4.98 Å². The van der Waals surface area contributed by atoms with Crippen LogP contribution in [0.3, 0.4) is 0 Å². The van der Waals surface area contributed by atoms with Crippen LogP contribution in [0.4, 0.5) is 0 Å². The Morgan fingerprint density at radius 2 is 2.27 bits per heavy atom. The summed E-state index contributed by atoms with van der Waals surface area (Å²) in [4.78, 5) is 19.5. The van der Waals surface area contributed by atoms with Gasteiger partial charge in [0.05, 0.1) is 11.6 Å². The first-order chi connectivity index (χ1) is 10.6. The standard InChI is InChI=1S/C17H24N4O/c1-12(2)11-18-17(22)15-13-7-4-5-10-21(13)16(19-15)14-8-6-9-20(14)3/h4-5,7,10,12,14H,6,8-9,11H2,1-3H3,(H,18,22)/t14-/m1/s1. The van der Waals surface area contributed by atoms with Crippen molar-refractivity contribution < 1.29 is 4.79 Å². The van der Waals surface area contributed by atoms with Crippen molar-refractivity contribution in [1.29, 1.82) is 0 Å². The Bertz CT molecular complexity index is 676. The molecule has 0 aliphatic carbocycles. The van der Waals surface area contributed by atoms with Crippen LogP contribution in [0.2, 0.25) is 0 Å². The number of amides is 1. The maximum atomic E-state index is 12.5. The quantitative estimate of drug-likeness (QED) is 0.944. The predicted octanol–water partition coefficient (Wildman–Crippen LogP) is 2.49. The molecule has 1 N–H and O–H groups in total. The Hall–Kier alpha value is -1.88. The fourth-order valence-corrected chi connectivity index (χ4v) is 3.08. The van der Waals surface area contributed by atoms with Gasteiger partial charge in [0.1, 0.15) is 5.82 Å². The number of carbonyl (C=O) groups excluding carboxylic acids is 1. The molecule has 0 bridgehead atoms. The molecule has 5 heteroatoms. The van der Waals surface area contributed by atoms with E-state index in [1.165, 1.54) is 6.42 Å². The highest BCUT2D eigenvalue weighted by atomic mass is 16.1. The topological polar surface area (TPSA) is 49.6 Å². The molecule has 0 radical (unpaired) electrons.